The van der Waals surface area contributed by atoms with Crippen molar-refractivity contribution in [1.82, 2.24) is 0 Å². The highest BCUT2D eigenvalue weighted by molar-refractivity contribution is 6.27. The average Bonchev–Trinajstić information content (AvgIpc) is 2.82. The summed E-state index contributed by atoms with van der Waals surface area (Å²) in [5.74, 6) is 0.0997. The van der Waals surface area contributed by atoms with E-state index in [2.05, 4.69) is 26.0 Å². The Morgan fingerprint density at radius 1 is 0.406 bits per heavy atom. The molecular weight excluding hydrogens is 392 g/mol. The molecule has 0 aliphatic heterocycles. The highest BCUT2D eigenvalue weighted by atomic mass is 16.1. The molecule has 0 bridgehead atoms. The van der Waals surface area contributed by atoms with Gasteiger partial charge in [-0.1, -0.05) is 84.9 Å². The summed E-state index contributed by atoms with van der Waals surface area (Å²) in [5.41, 5.74) is 10.8. The van der Waals surface area contributed by atoms with Gasteiger partial charge in [-0.3, -0.25) is 9.59 Å². The maximum Gasteiger partial charge on any atom is 0.194 e. The Kier molecular flexibility index (Phi) is 3.93. The van der Waals surface area contributed by atoms with Gasteiger partial charge in [0.05, 0.1) is 0 Å². The molecule has 0 N–H and O–H groups in total. The molecule has 0 saturated carbocycles. The number of benzene rings is 4. The van der Waals surface area contributed by atoms with Crippen molar-refractivity contribution in [2.75, 3.05) is 0 Å². The van der Waals surface area contributed by atoms with Crippen molar-refractivity contribution in [2.45, 2.75) is 13.8 Å². The van der Waals surface area contributed by atoms with Crippen LogP contribution >= 0.6 is 0 Å². The van der Waals surface area contributed by atoms with Crippen LogP contribution in [0.3, 0.4) is 0 Å². The summed E-state index contributed by atoms with van der Waals surface area (Å²) in [6.07, 6.45) is 0. The quantitative estimate of drug-likeness (QED) is 0.289. The first-order valence-corrected chi connectivity index (χ1v) is 10.8. The number of aryl methyl sites for hydroxylation is 2. The summed E-state index contributed by atoms with van der Waals surface area (Å²) in [5, 5.41) is 0. The molecule has 6 rings (SSSR count). The van der Waals surface area contributed by atoms with Crippen molar-refractivity contribution >= 4 is 22.7 Å². The van der Waals surface area contributed by atoms with Crippen LogP contribution in [0.5, 0.6) is 0 Å². The van der Waals surface area contributed by atoms with E-state index in [1.165, 1.54) is 0 Å². The molecule has 2 aliphatic rings. The number of carbonyl (C=O) groups excluding carboxylic acids is 2. The minimum atomic E-state index is 0.0498. The van der Waals surface area contributed by atoms with E-state index < -0.39 is 0 Å². The second-order valence-electron chi connectivity index (χ2n) is 8.49. The second kappa shape index (κ2) is 6.73. The summed E-state index contributed by atoms with van der Waals surface area (Å²) in [6.45, 7) is 4.11. The number of hydrogen-bond donors (Lipinski definition) is 0. The molecule has 2 aliphatic carbocycles. The highest BCUT2D eigenvalue weighted by Crippen LogP contribution is 2.48. The maximum absolute atomic E-state index is 13.4. The molecule has 0 saturated heterocycles. The Labute approximate surface area is 186 Å². The summed E-state index contributed by atoms with van der Waals surface area (Å²) in [4.78, 5) is 26.8. The van der Waals surface area contributed by atoms with E-state index in [0.717, 1.165) is 55.7 Å². The molecule has 152 valence electrons. The summed E-state index contributed by atoms with van der Waals surface area (Å²) >= 11 is 0. The fourth-order valence-corrected chi connectivity index (χ4v) is 5.25. The number of fused-ring (bicyclic) bond motifs is 4. The summed E-state index contributed by atoms with van der Waals surface area (Å²) < 4.78 is 0. The number of ketones is 2. The highest BCUT2D eigenvalue weighted by Gasteiger charge is 2.35. The molecule has 0 spiro atoms. The minimum absolute atomic E-state index is 0.0498. The van der Waals surface area contributed by atoms with E-state index >= 15 is 0 Å². The van der Waals surface area contributed by atoms with Gasteiger partial charge in [-0.05, 0) is 58.4 Å². The first-order valence-electron chi connectivity index (χ1n) is 10.8. The largest absolute Gasteiger partial charge is 0.289 e. The van der Waals surface area contributed by atoms with Crippen LogP contribution in [0.2, 0.25) is 0 Å². The van der Waals surface area contributed by atoms with Crippen LogP contribution < -0.4 is 0 Å². The van der Waals surface area contributed by atoms with Crippen LogP contribution in [-0.4, -0.2) is 11.6 Å². The molecule has 0 amide bonds. The van der Waals surface area contributed by atoms with Crippen LogP contribution in [0.4, 0.5) is 0 Å². The van der Waals surface area contributed by atoms with E-state index in [4.69, 9.17) is 0 Å². The average molecular weight is 412 g/mol. The smallest absolute Gasteiger partial charge is 0.194 e. The molecule has 2 heteroatoms. The predicted octanol–water partition coefficient (Wildman–Crippen LogP) is 6.40. The second-order valence-corrected chi connectivity index (χ2v) is 8.49. The lowest BCUT2D eigenvalue weighted by Gasteiger charge is -2.30. The summed E-state index contributed by atoms with van der Waals surface area (Å²) in [7, 11) is 0. The third kappa shape index (κ3) is 2.41. The monoisotopic (exact) mass is 412 g/mol. The van der Waals surface area contributed by atoms with Gasteiger partial charge in [-0.25, -0.2) is 0 Å². The van der Waals surface area contributed by atoms with Gasteiger partial charge in [0, 0.05) is 22.3 Å². The van der Waals surface area contributed by atoms with Crippen LogP contribution in [0, 0.1) is 13.8 Å². The van der Waals surface area contributed by atoms with Gasteiger partial charge in [0.15, 0.2) is 11.6 Å². The fourth-order valence-electron chi connectivity index (χ4n) is 5.25. The summed E-state index contributed by atoms with van der Waals surface area (Å²) in [6, 6.07) is 27.5. The van der Waals surface area contributed by atoms with Crippen LogP contribution in [0.25, 0.3) is 11.1 Å². The molecule has 0 aromatic heterocycles. The van der Waals surface area contributed by atoms with E-state index in [0.29, 0.717) is 11.1 Å². The predicted molar refractivity (Wildman–Crippen MR) is 127 cm³/mol. The zero-order chi connectivity index (χ0) is 22.0. The van der Waals surface area contributed by atoms with Crippen molar-refractivity contribution in [3.8, 4) is 0 Å². The topological polar surface area (TPSA) is 34.1 Å². The van der Waals surface area contributed by atoms with Gasteiger partial charge >= 0.3 is 0 Å². The first kappa shape index (κ1) is 18.7. The molecule has 0 fully saturated rings. The standard InChI is InChI=1S/C30H20O2/c1-17-9-7-15-23-25(17)27(19-11-3-5-13-21(19)29(23)31)28-20-12-4-6-14-22(20)30(32)24-16-8-10-18(2)26(24)28/h3-16H,1-2H3/b28-27-. The molecule has 0 heterocycles. The van der Waals surface area contributed by atoms with Gasteiger partial charge in [-0.15, -0.1) is 0 Å². The molecule has 0 radical (unpaired) electrons. The van der Waals surface area contributed by atoms with Crippen molar-refractivity contribution in [1.29, 1.82) is 0 Å². The Bertz CT molecular complexity index is 1400. The fraction of sp³-hybridized carbons (Fsp3) is 0.0667. The number of hydrogen-bond acceptors (Lipinski definition) is 2. The third-order valence-electron chi connectivity index (χ3n) is 6.67. The molecule has 32 heavy (non-hydrogen) atoms. The van der Waals surface area contributed by atoms with E-state index in [-0.39, 0.29) is 11.6 Å². The molecular formula is C30H20O2. The Balaban J connectivity index is 1.88. The van der Waals surface area contributed by atoms with Crippen LogP contribution in [0.15, 0.2) is 84.9 Å². The van der Waals surface area contributed by atoms with Crippen molar-refractivity contribution in [2.24, 2.45) is 0 Å². The van der Waals surface area contributed by atoms with Gasteiger partial charge in [0.2, 0.25) is 0 Å². The van der Waals surface area contributed by atoms with Gasteiger partial charge in [0.25, 0.3) is 0 Å². The van der Waals surface area contributed by atoms with Crippen LogP contribution in [0.1, 0.15) is 65.2 Å². The Morgan fingerprint density at radius 3 is 1.16 bits per heavy atom. The lowest BCUT2D eigenvalue weighted by atomic mass is 9.71. The van der Waals surface area contributed by atoms with Crippen molar-refractivity contribution in [3.05, 3.63) is 141 Å². The third-order valence-corrected chi connectivity index (χ3v) is 6.67. The SMILES string of the molecule is Cc1cccc2c1/C(=C1/c3ccccc3C(=O)c3cccc(C)c31)c1ccccc1C2=O. The Hall–Kier alpha value is -4.04. The normalized spacial score (nSPS) is 16.2. The molecule has 4 aromatic carbocycles. The lowest BCUT2D eigenvalue weighted by molar-refractivity contribution is 0.102. The van der Waals surface area contributed by atoms with E-state index in [1.807, 2.05) is 72.8 Å². The first-order chi connectivity index (χ1) is 15.6. The zero-order valence-electron chi connectivity index (χ0n) is 17.9. The Morgan fingerprint density at radius 2 is 0.750 bits per heavy atom. The zero-order valence-corrected chi connectivity index (χ0v) is 17.9. The molecule has 2 nitrogen and oxygen atoms in total. The van der Waals surface area contributed by atoms with Gasteiger partial charge in [0.1, 0.15) is 0 Å². The van der Waals surface area contributed by atoms with Crippen LogP contribution in [-0.2, 0) is 0 Å². The van der Waals surface area contributed by atoms with Crippen molar-refractivity contribution in [3.63, 3.8) is 0 Å². The van der Waals surface area contributed by atoms with Gasteiger partial charge < -0.3 is 0 Å². The van der Waals surface area contributed by atoms with Crippen molar-refractivity contribution < 1.29 is 9.59 Å². The molecule has 0 atom stereocenters. The maximum atomic E-state index is 13.4. The van der Waals surface area contributed by atoms with E-state index in [9.17, 15) is 9.59 Å². The van der Waals surface area contributed by atoms with Gasteiger partial charge in [-0.2, -0.15) is 0 Å². The molecule has 4 aromatic rings. The van der Waals surface area contributed by atoms with E-state index in [1.54, 1.807) is 0 Å². The number of rotatable bonds is 0. The number of carbonyl (C=O) groups is 2. The lowest BCUT2D eigenvalue weighted by Crippen LogP contribution is -2.20. The molecule has 0 unspecified atom stereocenters. The minimum Gasteiger partial charge on any atom is -0.289 e.